The molecule has 41 heavy (non-hydrogen) atoms. The van der Waals surface area contributed by atoms with Gasteiger partial charge < -0.3 is 16.0 Å². The van der Waals surface area contributed by atoms with E-state index in [1.807, 2.05) is 0 Å². The number of piperazine rings is 1. The number of anilines is 2. The summed E-state index contributed by atoms with van der Waals surface area (Å²) < 4.78 is 2.12. The van der Waals surface area contributed by atoms with Crippen LogP contribution in [0.25, 0.3) is 22.3 Å². The standard InChI is InChI=1S/C31H39N9S/c1-19-16-20(2)28-25(17-19)36-31(33,41-28)22-6-4-21(5-7-22)27-26-29(32)34-18-35-30(26)40(37-27)24-10-8-23(9-11-24)39-14-12-38(3)13-15-39/h4-7,16-18,23-24,36H,8-15,33H2,1-3H3,(H2,32,34,35). The molecule has 0 radical (unpaired) electrons. The van der Waals surface area contributed by atoms with Gasteiger partial charge >= 0.3 is 0 Å². The van der Waals surface area contributed by atoms with Crippen LogP contribution in [0, 0.1) is 13.8 Å². The number of aromatic nitrogens is 4. The van der Waals surface area contributed by atoms with Crippen molar-refractivity contribution in [2.45, 2.75) is 61.5 Å². The number of likely N-dealkylation sites (N-methyl/N-ethyl adjacent to an activating group) is 1. The van der Waals surface area contributed by atoms with Crippen molar-refractivity contribution in [2.24, 2.45) is 5.73 Å². The molecule has 4 heterocycles. The fraction of sp³-hybridized carbons (Fsp3) is 0.452. The molecule has 2 aliphatic heterocycles. The molecule has 1 saturated heterocycles. The molecule has 2 fully saturated rings. The number of thioether (sulfide) groups is 1. The van der Waals surface area contributed by atoms with Gasteiger partial charge in [0.15, 0.2) is 10.6 Å². The van der Waals surface area contributed by atoms with Gasteiger partial charge in [0.25, 0.3) is 0 Å². The second kappa shape index (κ2) is 10.3. The van der Waals surface area contributed by atoms with Crippen molar-refractivity contribution in [2.75, 3.05) is 44.3 Å². The summed E-state index contributed by atoms with van der Waals surface area (Å²) in [5, 5.41) is 9.54. The lowest BCUT2D eigenvalue weighted by Gasteiger charge is -2.41. The Bertz CT molecular complexity index is 1580. The van der Waals surface area contributed by atoms with Gasteiger partial charge in [-0.15, -0.1) is 0 Å². The van der Waals surface area contributed by atoms with Crippen LogP contribution in [-0.2, 0) is 4.99 Å². The molecule has 2 aromatic carbocycles. The van der Waals surface area contributed by atoms with Gasteiger partial charge in [0.1, 0.15) is 17.8 Å². The van der Waals surface area contributed by atoms with Crippen molar-refractivity contribution < 1.29 is 0 Å². The van der Waals surface area contributed by atoms with Gasteiger partial charge in [-0.3, -0.25) is 10.6 Å². The number of nitrogens with zero attached hydrogens (tertiary/aromatic N) is 6. The van der Waals surface area contributed by atoms with Crippen molar-refractivity contribution in [3.63, 3.8) is 0 Å². The number of hydrogen-bond acceptors (Lipinski definition) is 9. The summed E-state index contributed by atoms with van der Waals surface area (Å²) in [7, 11) is 2.22. The number of aryl methyl sites for hydroxylation is 2. The number of rotatable bonds is 4. The lowest BCUT2D eigenvalue weighted by atomic mass is 9.90. The fourth-order valence-electron chi connectivity index (χ4n) is 6.88. The molecule has 1 aliphatic carbocycles. The highest BCUT2D eigenvalue weighted by Gasteiger charge is 2.37. The van der Waals surface area contributed by atoms with Crippen LogP contribution >= 0.6 is 11.8 Å². The Hall–Kier alpha value is -3.18. The summed E-state index contributed by atoms with van der Waals surface area (Å²) in [5.74, 6) is 0.469. The molecule has 214 valence electrons. The Morgan fingerprint density at radius 1 is 0.951 bits per heavy atom. The summed E-state index contributed by atoms with van der Waals surface area (Å²) in [6.07, 6.45) is 6.11. The summed E-state index contributed by atoms with van der Waals surface area (Å²) in [6, 6.07) is 13.7. The molecule has 2 aromatic heterocycles. The zero-order valence-corrected chi connectivity index (χ0v) is 24.9. The topological polar surface area (TPSA) is 114 Å². The van der Waals surface area contributed by atoms with E-state index >= 15 is 0 Å². The highest BCUT2D eigenvalue weighted by Crippen LogP contribution is 2.50. The minimum absolute atomic E-state index is 0.306. The molecule has 1 saturated carbocycles. The van der Waals surface area contributed by atoms with Crippen molar-refractivity contribution in [1.29, 1.82) is 0 Å². The maximum Gasteiger partial charge on any atom is 0.165 e. The summed E-state index contributed by atoms with van der Waals surface area (Å²) in [5.41, 5.74) is 20.6. The van der Waals surface area contributed by atoms with Crippen molar-refractivity contribution >= 4 is 34.3 Å². The molecule has 5 N–H and O–H groups in total. The minimum Gasteiger partial charge on any atom is -0.383 e. The molecular weight excluding hydrogens is 530 g/mol. The lowest BCUT2D eigenvalue weighted by Crippen LogP contribution is -2.49. The average Bonchev–Trinajstić information content (AvgIpc) is 3.53. The van der Waals surface area contributed by atoms with Crippen LogP contribution in [-0.4, -0.2) is 68.8 Å². The average molecular weight is 570 g/mol. The molecule has 0 spiro atoms. The number of nitrogens with one attached hydrogen (secondary N) is 1. The van der Waals surface area contributed by atoms with E-state index in [-0.39, 0.29) is 0 Å². The van der Waals surface area contributed by atoms with Gasteiger partial charge in [0.05, 0.1) is 17.1 Å². The second-order valence-corrected chi connectivity index (χ2v) is 13.3. The van der Waals surface area contributed by atoms with Crippen LogP contribution in [0.5, 0.6) is 0 Å². The first-order valence-electron chi connectivity index (χ1n) is 14.7. The van der Waals surface area contributed by atoms with Crippen LogP contribution in [0.15, 0.2) is 47.6 Å². The maximum absolute atomic E-state index is 6.91. The zero-order valence-electron chi connectivity index (χ0n) is 24.1. The predicted octanol–water partition coefficient (Wildman–Crippen LogP) is 4.71. The van der Waals surface area contributed by atoms with Crippen LogP contribution in [0.4, 0.5) is 11.5 Å². The van der Waals surface area contributed by atoms with Gasteiger partial charge in [0.2, 0.25) is 0 Å². The zero-order chi connectivity index (χ0) is 28.3. The second-order valence-electron chi connectivity index (χ2n) is 12.1. The predicted molar refractivity (Wildman–Crippen MR) is 167 cm³/mol. The Balaban J connectivity index is 1.15. The van der Waals surface area contributed by atoms with Crippen molar-refractivity contribution in [3.8, 4) is 11.3 Å². The van der Waals surface area contributed by atoms with Crippen molar-refractivity contribution in [1.82, 2.24) is 29.5 Å². The van der Waals surface area contributed by atoms with Gasteiger partial charge in [-0.05, 0) is 63.8 Å². The number of benzene rings is 2. The fourth-order valence-corrected chi connectivity index (χ4v) is 8.06. The SMILES string of the molecule is Cc1cc(C)c2c(c1)NC(N)(c1ccc(-c3nn(C4CCC(N5CCN(C)CC5)CC4)c4ncnc(N)c34)cc1)S2. The Morgan fingerprint density at radius 2 is 1.66 bits per heavy atom. The molecule has 1 unspecified atom stereocenters. The quantitative estimate of drug-likeness (QED) is 0.321. The maximum atomic E-state index is 6.91. The highest BCUT2D eigenvalue weighted by atomic mass is 32.2. The van der Waals surface area contributed by atoms with Gasteiger partial charge in [0, 0.05) is 48.2 Å². The third kappa shape index (κ3) is 4.76. The van der Waals surface area contributed by atoms with Crippen LogP contribution in [0.1, 0.15) is 48.4 Å². The molecule has 3 aliphatic rings. The van der Waals surface area contributed by atoms with E-state index in [2.05, 4.69) is 87.1 Å². The van der Waals surface area contributed by atoms with Crippen molar-refractivity contribution in [3.05, 3.63) is 59.4 Å². The van der Waals surface area contributed by atoms with E-state index < -0.39 is 4.99 Å². The van der Waals surface area contributed by atoms with Crippen LogP contribution in [0.2, 0.25) is 0 Å². The lowest BCUT2D eigenvalue weighted by molar-refractivity contribution is 0.0815. The minimum atomic E-state index is -0.731. The van der Waals surface area contributed by atoms with Gasteiger partial charge in [-0.25, -0.2) is 14.6 Å². The molecule has 9 nitrogen and oxygen atoms in total. The van der Waals surface area contributed by atoms with E-state index in [1.54, 1.807) is 18.1 Å². The van der Waals surface area contributed by atoms with E-state index in [4.69, 9.17) is 16.6 Å². The summed E-state index contributed by atoms with van der Waals surface area (Å²) >= 11 is 1.67. The molecule has 0 amide bonds. The number of nitrogen functional groups attached to an aromatic ring is 1. The highest BCUT2D eigenvalue weighted by molar-refractivity contribution is 8.00. The third-order valence-electron chi connectivity index (χ3n) is 9.17. The molecule has 1 atom stereocenters. The molecule has 7 rings (SSSR count). The number of hydrogen-bond donors (Lipinski definition) is 3. The van der Waals surface area contributed by atoms with E-state index in [0.29, 0.717) is 17.9 Å². The van der Waals surface area contributed by atoms with E-state index in [1.165, 1.54) is 42.0 Å². The van der Waals surface area contributed by atoms with Crippen LogP contribution < -0.4 is 16.8 Å². The molecule has 4 aromatic rings. The Morgan fingerprint density at radius 3 is 2.39 bits per heavy atom. The van der Waals surface area contributed by atoms with Gasteiger partial charge in [-0.2, -0.15) is 5.10 Å². The first kappa shape index (κ1) is 26.7. The molecule has 10 heteroatoms. The molecular formula is C31H39N9S. The Kier molecular flexibility index (Phi) is 6.69. The third-order valence-corrected chi connectivity index (χ3v) is 10.6. The summed E-state index contributed by atoms with van der Waals surface area (Å²) in [4.78, 5) is 14.6. The van der Waals surface area contributed by atoms with E-state index in [9.17, 15) is 0 Å². The first-order valence-corrected chi connectivity index (χ1v) is 15.5. The number of nitrogens with two attached hydrogens (primary N) is 2. The summed E-state index contributed by atoms with van der Waals surface area (Å²) in [6.45, 7) is 8.92. The van der Waals surface area contributed by atoms with E-state index in [0.717, 1.165) is 59.5 Å². The van der Waals surface area contributed by atoms with Crippen LogP contribution in [0.3, 0.4) is 0 Å². The molecule has 0 bridgehead atoms. The van der Waals surface area contributed by atoms with Gasteiger partial charge in [-0.1, -0.05) is 42.1 Å². The first-order chi connectivity index (χ1) is 19.8. The largest absolute Gasteiger partial charge is 0.383 e. The number of fused-ring (bicyclic) bond motifs is 2. The monoisotopic (exact) mass is 569 g/mol. The Labute approximate surface area is 245 Å². The smallest absolute Gasteiger partial charge is 0.165 e. The normalized spacial score (nSPS) is 25.4.